The summed E-state index contributed by atoms with van der Waals surface area (Å²) in [4.78, 5) is 15.0. The molecule has 0 unspecified atom stereocenters. The Kier molecular flexibility index (Phi) is 4.14. The topological polar surface area (TPSA) is 154 Å². The molecule has 0 radical (unpaired) electrons. The Hall–Kier alpha value is -2.14. The zero-order valence-electron chi connectivity index (χ0n) is 11.0. The number of carbonyl (C=O) groups is 1. The maximum absolute atomic E-state index is 12.1. The minimum atomic E-state index is -3.61. The average Bonchev–Trinajstić information content (AvgIpc) is 3.03. The van der Waals surface area contributed by atoms with Gasteiger partial charge >= 0.3 is 0 Å². The van der Waals surface area contributed by atoms with Crippen LogP contribution in [0.3, 0.4) is 0 Å². The number of sulfone groups is 1. The number of anilines is 2. The van der Waals surface area contributed by atoms with Crippen LogP contribution in [0.4, 0.5) is 10.7 Å². The van der Waals surface area contributed by atoms with Gasteiger partial charge in [-0.1, -0.05) is 12.1 Å². The fourth-order valence-corrected chi connectivity index (χ4v) is 4.13. The second kappa shape index (κ2) is 5.69. The van der Waals surface area contributed by atoms with Gasteiger partial charge in [-0.3, -0.25) is 4.79 Å². The van der Waals surface area contributed by atoms with Gasteiger partial charge in [-0.25, -0.2) is 8.42 Å². The molecule has 2 heterocycles. The van der Waals surface area contributed by atoms with Crippen LogP contribution in [0.25, 0.3) is 0 Å². The van der Waals surface area contributed by atoms with E-state index in [-0.39, 0.29) is 32.8 Å². The average molecular weight is 331 g/mol. The summed E-state index contributed by atoms with van der Waals surface area (Å²) >= 11 is 0.882. The number of amides is 1. The van der Waals surface area contributed by atoms with E-state index in [1.165, 1.54) is 6.92 Å². The molecule has 0 aromatic carbocycles. The summed E-state index contributed by atoms with van der Waals surface area (Å²) in [5.74, 6) is -0.594. The second-order valence-corrected chi connectivity index (χ2v) is 7.21. The fraction of sp³-hybridized carbons (Fsp3) is 0.300. The molecule has 0 bridgehead atoms. The smallest absolute Gasteiger partial charge is 0.261 e. The molecule has 0 fully saturated rings. The van der Waals surface area contributed by atoms with Crippen molar-refractivity contribution in [2.45, 2.75) is 18.4 Å². The maximum atomic E-state index is 12.1. The zero-order chi connectivity index (χ0) is 15.6. The lowest BCUT2D eigenvalue weighted by molar-refractivity contribution is 0.100. The number of nitrogens with one attached hydrogen (secondary N) is 1. The van der Waals surface area contributed by atoms with E-state index < -0.39 is 15.7 Å². The Morgan fingerprint density at radius 1 is 1.52 bits per heavy atom. The number of thiophene rings is 1. The van der Waals surface area contributed by atoms with Gasteiger partial charge in [-0.05, 0) is 0 Å². The zero-order valence-corrected chi connectivity index (χ0v) is 12.6. The highest BCUT2D eigenvalue weighted by Gasteiger charge is 2.28. The van der Waals surface area contributed by atoms with Crippen LogP contribution < -0.4 is 16.8 Å². The third kappa shape index (κ3) is 2.97. The lowest BCUT2D eigenvalue weighted by Crippen LogP contribution is -2.13. The minimum Gasteiger partial charge on any atom is -0.396 e. The first-order valence-electron chi connectivity index (χ1n) is 5.80. The number of primary amides is 1. The SMILES string of the molecule is CCS(=O)(=O)c1c(NCc2ncon2)sc(C(N)=O)c1N. The summed E-state index contributed by atoms with van der Waals surface area (Å²) < 4.78 is 28.8. The summed E-state index contributed by atoms with van der Waals surface area (Å²) in [7, 11) is -3.61. The summed E-state index contributed by atoms with van der Waals surface area (Å²) in [5, 5.41) is 6.66. The van der Waals surface area contributed by atoms with E-state index in [4.69, 9.17) is 11.5 Å². The van der Waals surface area contributed by atoms with Gasteiger partial charge in [0.05, 0.1) is 18.0 Å². The van der Waals surface area contributed by atoms with Gasteiger partial charge in [0.2, 0.25) is 6.39 Å². The van der Waals surface area contributed by atoms with Gasteiger partial charge in [0, 0.05) is 0 Å². The lowest BCUT2D eigenvalue weighted by atomic mass is 10.4. The molecule has 1 amide bonds. The highest BCUT2D eigenvalue weighted by atomic mass is 32.2. The molecule has 0 saturated carbocycles. The van der Waals surface area contributed by atoms with Crippen molar-refractivity contribution in [3.8, 4) is 0 Å². The van der Waals surface area contributed by atoms with E-state index in [0.717, 1.165) is 17.7 Å². The summed E-state index contributed by atoms with van der Waals surface area (Å²) in [6.07, 6.45) is 1.15. The Morgan fingerprint density at radius 3 is 2.76 bits per heavy atom. The van der Waals surface area contributed by atoms with E-state index >= 15 is 0 Å². The first-order chi connectivity index (χ1) is 9.86. The van der Waals surface area contributed by atoms with Crippen molar-refractivity contribution in [2.75, 3.05) is 16.8 Å². The number of rotatable bonds is 6. The minimum absolute atomic E-state index is 0.00219. The molecule has 0 aliphatic carbocycles. The number of hydrogen-bond acceptors (Lipinski definition) is 9. The van der Waals surface area contributed by atoms with Crippen molar-refractivity contribution in [3.05, 3.63) is 17.1 Å². The third-order valence-electron chi connectivity index (χ3n) is 2.63. The Morgan fingerprint density at radius 2 is 2.24 bits per heavy atom. The third-order valence-corrected chi connectivity index (χ3v) is 5.74. The molecular formula is C10H13N5O4S2. The molecule has 9 nitrogen and oxygen atoms in total. The first-order valence-corrected chi connectivity index (χ1v) is 8.27. The van der Waals surface area contributed by atoms with Crippen LogP contribution in [0, 0.1) is 0 Å². The molecule has 0 atom stereocenters. The van der Waals surface area contributed by atoms with Crippen molar-refractivity contribution in [2.24, 2.45) is 5.73 Å². The normalized spacial score (nSPS) is 11.5. The molecule has 2 rings (SSSR count). The Labute approximate surface area is 124 Å². The van der Waals surface area contributed by atoms with Crippen LogP contribution in [-0.4, -0.2) is 30.2 Å². The van der Waals surface area contributed by atoms with E-state index in [1.54, 1.807) is 0 Å². The van der Waals surface area contributed by atoms with Crippen LogP contribution in [0.15, 0.2) is 15.8 Å². The van der Waals surface area contributed by atoms with E-state index in [0.29, 0.717) is 5.82 Å². The van der Waals surface area contributed by atoms with Gasteiger partial charge < -0.3 is 21.3 Å². The van der Waals surface area contributed by atoms with Crippen LogP contribution >= 0.6 is 11.3 Å². The molecule has 2 aromatic heterocycles. The van der Waals surface area contributed by atoms with Crippen molar-refractivity contribution >= 4 is 37.8 Å². The number of carbonyl (C=O) groups excluding carboxylic acids is 1. The molecular weight excluding hydrogens is 318 g/mol. The molecule has 0 saturated heterocycles. The molecule has 0 spiro atoms. The van der Waals surface area contributed by atoms with Gasteiger partial charge in [0.1, 0.15) is 14.8 Å². The Balaban J connectivity index is 2.43. The van der Waals surface area contributed by atoms with E-state index in [1.807, 2.05) is 0 Å². The largest absolute Gasteiger partial charge is 0.396 e. The molecule has 0 aliphatic heterocycles. The molecule has 114 valence electrons. The predicted octanol–water partition coefficient (Wildman–Crippen LogP) is 0.218. The summed E-state index contributed by atoms with van der Waals surface area (Å²) in [6.45, 7) is 1.61. The molecule has 2 aromatic rings. The molecule has 5 N–H and O–H groups in total. The van der Waals surface area contributed by atoms with Gasteiger partial charge in [-0.15, -0.1) is 11.3 Å². The Bertz CT molecular complexity index is 751. The first kappa shape index (κ1) is 15.3. The van der Waals surface area contributed by atoms with Crippen LogP contribution in [0.5, 0.6) is 0 Å². The van der Waals surface area contributed by atoms with E-state index in [2.05, 4.69) is 20.0 Å². The van der Waals surface area contributed by atoms with Gasteiger partial charge in [-0.2, -0.15) is 4.98 Å². The highest BCUT2D eigenvalue weighted by Crippen LogP contribution is 2.39. The lowest BCUT2D eigenvalue weighted by Gasteiger charge is -2.06. The van der Waals surface area contributed by atoms with Crippen LogP contribution in [0.2, 0.25) is 0 Å². The standard InChI is InChI=1S/C10H13N5O4S2/c1-2-21(17,18)8-6(11)7(9(12)16)20-10(8)13-3-5-14-4-19-15-5/h4,13H,2-3,11H2,1H3,(H2,12,16). The monoisotopic (exact) mass is 331 g/mol. The fourth-order valence-electron chi connectivity index (χ4n) is 1.61. The maximum Gasteiger partial charge on any atom is 0.261 e. The number of nitrogens with zero attached hydrogens (tertiary/aromatic N) is 2. The highest BCUT2D eigenvalue weighted by molar-refractivity contribution is 7.91. The number of hydrogen-bond donors (Lipinski definition) is 3. The summed E-state index contributed by atoms with van der Waals surface area (Å²) in [6, 6.07) is 0. The van der Waals surface area contributed by atoms with Crippen LogP contribution in [-0.2, 0) is 16.4 Å². The summed E-state index contributed by atoms with van der Waals surface area (Å²) in [5.41, 5.74) is 10.8. The quantitative estimate of drug-likeness (QED) is 0.679. The molecule has 0 aliphatic rings. The van der Waals surface area contributed by atoms with Crippen molar-refractivity contribution < 1.29 is 17.7 Å². The van der Waals surface area contributed by atoms with Gasteiger partial charge in [0.15, 0.2) is 15.7 Å². The predicted molar refractivity (Wildman–Crippen MR) is 76.6 cm³/mol. The molecule has 21 heavy (non-hydrogen) atoms. The van der Waals surface area contributed by atoms with Crippen molar-refractivity contribution in [1.82, 2.24) is 10.1 Å². The van der Waals surface area contributed by atoms with Crippen molar-refractivity contribution in [1.29, 1.82) is 0 Å². The molecule has 11 heteroatoms. The van der Waals surface area contributed by atoms with Gasteiger partial charge in [0.25, 0.3) is 5.91 Å². The van der Waals surface area contributed by atoms with Crippen molar-refractivity contribution in [3.63, 3.8) is 0 Å². The number of nitrogens with two attached hydrogens (primary N) is 2. The second-order valence-electron chi connectivity index (χ2n) is 3.97. The van der Waals surface area contributed by atoms with Crippen LogP contribution in [0.1, 0.15) is 22.4 Å². The number of aromatic nitrogens is 2. The number of nitrogen functional groups attached to an aromatic ring is 1. The van der Waals surface area contributed by atoms with E-state index in [9.17, 15) is 13.2 Å².